The predicted molar refractivity (Wildman–Crippen MR) is 193 cm³/mol. The number of nitrogens with zero attached hydrogens (tertiary/aromatic N) is 2. The maximum absolute atomic E-state index is 13.4. The van der Waals surface area contributed by atoms with E-state index in [1.54, 1.807) is 12.3 Å². The van der Waals surface area contributed by atoms with Crippen molar-refractivity contribution < 1.29 is 44.3 Å². The van der Waals surface area contributed by atoms with Crippen LogP contribution in [-0.2, 0) is 29.1 Å². The molecule has 0 fully saturated rings. The lowest BCUT2D eigenvalue weighted by Crippen LogP contribution is -2.39. The topological polar surface area (TPSA) is 212 Å². The van der Waals surface area contributed by atoms with Crippen molar-refractivity contribution >= 4 is 35.2 Å². The molecule has 2 heterocycles. The third-order valence-corrected chi connectivity index (χ3v) is 8.98. The first-order valence-electron chi connectivity index (χ1n) is 16.5. The molecule has 14 nitrogen and oxygen atoms in total. The molecule has 272 valence electrons. The molecule has 1 aliphatic carbocycles. The van der Waals surface area contributed by atoms with E-state index in [1.165, 1.54) is 32.0 Å². The van der Waals surface area contributed by atoms with Gasteiger partial charge in [-0.25, -0.2) is 0 Å². The summed E-state index contributed by atoms with van der Waals surface area (Å²) in [5, 5.41) is 45.5. The molecule has 52 heavy (non-hydrogen) atoms. The number of carbonyl (C=O) groups excluding carboxylic acids is 1. The fourth-order valence-corrected chi connectivity index (χ4v) is 6.10. The van der Waals surface area contributed by atoms with Gasteiger partial charge in [-0.1, -0.05) is 30.3 Å². The number of hydrogen-bond acceptors (Lipinski definition) is 11. The van der Waals surface area contributed by atoms with Crippen LogP contribution in [0.2, 0.25) is 0 Å². The zero-order valence-corrected chi connectivity index (χ0v) is 29.0. The number of aliphatic hydroxyl groups is 2. The van der Waals surface area contributed by atoms with Crippen LogP contribution in [0.4, 0.5) is 5.69 Å². The van der Waals surface area contributed by atoms with Crippen LogP contribution < -0.4 is 25.4 Å². The van der Waals surface area contributed by atoms with Crippen molar-refractivity contribution in [3.8, 4) is 22.6 Å². The molecular formula is C38H41N5O9. The van der Waals surface area contributed by atoms with Crippen LogP contribution in [0.3, 0.4) is 0 Å². The number of ether oxygens (including phenoxy) is 2. The van der Waals surface area contributed by atoms with Crippen LogP contribution in [0.15, 0.2) is 60.9 Å². The smallest absolute Gasteiger partial charge is 0.323 e. The van der Waals surface area contributed by atoms with E-state index < -0.39 is 43.1 Å². The summed E-state index contributed by atoms with van der Waals surface area (Å²) in [7, 11) is 2.98. The van der Waals surface area contributed by atoms with Crippen LogP contribution in [0.25, 0.3) is 22.8 Å². The maximum Gasteiger partial charge on any atom is 0.323 e. The second-order valence-electron chi connectivity index (χ2n) is 12.1. The Morgan fingerprint density at radius 1 is 0.808 bits per heavy atom. The molecule has 1 amide bonds. The largest absolute Gasteiger partial charge is 0.496 e. The quantitative estimate of drug-likeness (QED) is 0.0891. The van der Waals surface area contributed by atoms with E-state index >= 15 is 0 Å². The number of carboxylic acid groups (broad SMARTS) is 2. The molecule has 0 saturated carbocycles. The van der Waals surface area contributed by atoms with Gasteiger partial charge in [-0.15, -0.1) is 0 Å². The van der Waals surface area contributed by atoms with E-state index in [0.29, 0.717) is 34.0 Å². The lowest BCUT2D eigenvalue weighted by molar-refractivity contribution is -0.141. The number of methoxy groups -OCH3 is 2. The Morgan fingerprint density at radius 3 is 2.00 bits per heavy atom. The minimum absolute atomic E-state index is 0.0619. The molecule has 7 N–H and O–H groups in total. The van der Waals surface area contributed by atoms with Crippen LogP contribution in [0.1, 0.15) is 50.4 Å². The Bertz CT molecular complexity index is 2000. The molecule has 2 aromatic carbocycles. The number of pyridine rings is 2. The van der Waals surface area contributed by atoms with Crippen LogP contribution in [0, 0.1) is 6.92 Å². The molecule has 0 spiro atoms. The first-order chi connectivity index (χ1) is 25.1. The Labute approximate surface area is 300 Å². The molecule has 0 bridgehead atoms. The maximum atomic E-state index is 13.4. The van der Waals surface area contributed by atoms with E-state index in [9.17, 15) is 34.8 Å². The van der Waals surface area contributed by atoms with E-state index in [4.69, 9.17) is 9.47 Å². The number of nitrogens with one attached hydrogen (secondary N) is 3. The molecule has 5 rings (SSSR count). The molecule has 0 aliphatic heterocycles. The first-order valence-corrected chi connectivity index (χ1v) is 16.5. The SMILES string of the molecule is COc1cc(/C=C2\CCc3c2cccc3-c2cccc(NC(=O)c3cc(OC)c(CN[C@@H](CO)C(=O)O)cn3)c2C)ncc1CN[C@@H](CO)C(=O)O. The first kappa shape index (κ1) is 37.6. The van der Waals surface area contributed by atoms with Crippen molar-refractivity contribution in [1.29, 1.82) is 0 Å². The van der Waals surface area contributed by atoms with Crippen LogP contribution in [-0.4, -0.2) is 87.8 Å². The summed E-state index contributed by atoms with van der Waals surface area (Å²) in [6.07, 6.45) is 6.69. The van der Waals surface area contributed by atoms with E-state index in [0.717, 1.165) is 40.7 Å². The number of benzene rings is 2. The molecule has 0 saturated heterocycles. The summed E-state index contributed by atoms with van der Waals surface area (Å²) >= 11 is 0. The van der Waals surface area contributed by atoms with Crippen molar-refractivity contribution in [2.75, 3.05) is 32.8 Å². The second kappa shape index (κ2) is 17.0. The van der Waals surface area contributed by atoms with Crippen LogP contribution in [0.5, 0.6) is 11.5 Å². The molecule has 2 atom stereocenters. The van der Waals surface area contributed by atoms with Gasteiger partial charge in [0.1, 0.15) is 29.3 Å². The number of anilines is 1. The highest BCUT2D eigenvalue weighted by Gasteiger charge is 2.23. The lowest BCUT2D eigenvalue weighted by Gasteiger charge is -2.16. The Kier molecular flexibility index (Phi) is 12.3. The van der Waals surface area contributed by atoms with E-state index in [1.807, 2.05) is 37.3 Å². The lowest BCUT2D eigenvalue weighted by atomic mass is 9.92. The highest BCUT2D eigenvalue weighted by molar-refractivity contribution is 6.04. The van der Waals surface area contributed by atoms with Crippen LogP contribution >= 0.6 is 0 Å². The van der Waals surface area contributed by atoms with Crippen molar-refractivity contribution in [1.82, 2.24) is 20.6 Å². The second-order valence-corrected chi connectivity index (χ2v) is 12.1. The number of fused-ring (bicyclic) bond motifs is 1. The highest BCUT2D eigenvalue weighted by Crippen LogP contribution is 2.41. The van der Waals surface area contributed by atoms with Gasteiger partial charge < -0.3 is 35.2 Å². The van der Waals surface area contributed by atoms with Gasteiger partial charge in [0.25, 0.3) is 5.91 Å². The van der Waals surface area contributed by atoms with Gasteiger partial charge >= 0.3 is 11.9 Å². The number of hydrogen-bond donors (Lipinski definition) is 7. The van der Waals surface area contributed by atoms with Gasteiger partial charge in [0.2, 0.25) is 0 Å². The van der Waals surface area contributed by atoms with E-state index in [-0.39, 0.29) is 18.8 Å². The molecule has 2 aromatic heterocycles. The fourth-order valence-electron chi connectivity index (χ4n) is 6.10. The number of aromatic nitrogens is 2. The number of aliphatic hydroxyl groups excluding tert-OH is 2. The van der Waals surface area contributed by atoms with Crippen molar-refractivity contribution in [3.05, 3.63) is 100 Å². The van der Waals surface area contributed by atoms with Crippen molar-refractivity contribution in [2.45, 2.75) is 44.9 Å². The molecule has 0 unspecified atom stereocenters. The standard InChI is InChI=1S/C38H41N5O9/c1-21-26(6-5-9-30(21)43-36(46)31-14-35(52-3)24(16-40-31)18-42-33(20-45)38(49)50)28-8-4-7-27-22(10-11-29(27)28)12-25-13-34(51-2)23(15-39-25)17-41-32(19-44)37(47)48/h4-9,12-16,32-33,41-42,44-45H,10-11,17-20H2,1-3H3,(H,43,46)(H,47,48)(H,49,50)/b22-12+/t32-,33-/m0/s1. The normalized spacial score (nSPS) is 14.1. The van der Waals surface area contributed by atoms with Gasteiger partial charge in [0.15, 0.2) is 0 Å². The number of amides is 1. The third-order valence-electron chi connectivity index (χ3n) is 8.98. The number of aliphatic carboxylic acids is 2. The van der Waals surface area contributed by atoms with E-state index in [2.05, 4.69) is 38.1 Å². The van der Waals surface area contributed by atoms with Gasteiger partial charge in [0.05, 0.1) is 33.1 Å². The Hall–Kier alpha value is -5.67. The Morgan fingerprint density at radius 2 is 1.38 bits per heavy atom. The summed E-state index contributed by atoms with van der Waals surface area (Å²) in [4.78, 5) is 44.7. The number of rotatable bonds is 16. The summed E-state index contributed by atoms with van der Waals surface area (Å²) in [5.74, 6) is -1.89. The monoisotopic (exact) mass is 711 g/mol. The molecule has 0 radical (unpaired) electrons. The zero-order valence-electron chi connectivity index (χ0n) is 29.0. The van der Waals surface area contributed by atoms with Gasteiger partial charge in [-0.05, 0) is 65.3 Å². The average Bonchev–Trinajstić information content (AvgIpc) is 3.55. The highest BCUT2D eigenvalue weighted by atomic mass is 16.5. The number of carboxylic acids is 2. The van der Waals surface area contributed by atoms with Gasteiger partial charge in [0, 0.05) is 54.4 Å². The number of allylic oxidation sites excluding steroid dienone is 1. The average molecular weight is 712 g/mol. The number of carbonyl (C=O) groups is 3. The summed E-state index contributed by atoms with van der Waals surface area (Å²) < 4.78 is 11.0. The van der Waals surface area contributed by atoms with Gasteiger partial charge in [-0.3, -0.25) is 35.0 Å². The minimum atomic E-state index is -1.19. The molecule has 14 heteroatoms. The summed E-state index contributed by atoms with van der Waals surface area (Å²) in [6, 6.07) is 12.9. The minimum Gasteiger partial charge on any atom is -0.496 e. The van der Waals surface area contributed by atoms with Crippen molar-refractivity contribution in [2.24, 2.45) is 0 Å². The molecule has 4 aromatic rings. The third kappa shape index (κ3) is 8.44. The molecular weight excluding hydrogens is 670 g/mol. The zero-order chi connectivity index (χ0) is 37.4. The summed E-state index contributed by atoms with van der Waals surface area (Å²) in [5.41, 5.74) is 8.90. The molecule has 1 aliphatic rings. The Balaban J connectivity index is 1.35. The predicted octanol–water partition coefficient (Wildman–Crippen LogP) is 3.28. The van der Waals surface area contributed by atoms with Crippen molar-refractivity contribution in [3.63, 3.8) is 0 Å². The summed E-state index contributed by atoms with van der Waals surface area (Å²) in [6.45, 7) is 1.05. The fraction of sp³-hybridized carbons (Fsp3) is 0.289. The van der Waals surface area contributed by atoms with Gasteiger partial charge in [-0.2, -0.15) is 0 Å².